The van der Waals surface area contributed by atoms with Gasteiger partial charge >= 0.3 is 5.97 Å². The predicted molar refractivity (Wildman–Crippen MR) is 144 cm³/mol. The number of allylic oxidation sites excluding steroid dienone is 3. The third kappa shape index (κ3) is 6.37. The van der Waals surface area contributed by atoms with Gasteiger partial charge < -0.3 is 9.16 Å². The highest BCUT2D eigenvalue weighted by Crippen LogP contribution is 2.38. The summed E-state index contributed by atoms with van der Waals surface area (Å²) in [4.78, 5) is 11.3. The van der Waals surface area contributed by atoms with Crippen molar-refractivity contribution in [3.05, 3.63) is 84.5 Å². The molecule has 0 fully saturated rings. The third-order valence-corrected chi connectivity index (χ3v) is 11.9. The molecule has 0 saturated heterocycles. The molecule has 0 aliphatic heterocycles. The minimum Gasteiger partial charge on any atom is -0.469 e. The molecule has 2 aromatic carbocycles. The summed E-state index contributed by atoms with van der Waals surface area (Å²) in [5.41, 5.74) is 1.49. The van der Waals surface area contributed by atoms with Crippen LogP contribution in [-0.4, -0.2) is 28.0 Å². The first-order chi connectivity index (χ1) is 16.4. The van der Waals surface area contributed by atoms with Gasteiger partial charge in [0.25, 0.3) is 8.32 Å². The number of ether oxygens (including phenoxy) is 1. The number of carbonyl (C=O) groups is 1. The number of esters is 1. The summed E-state index contributed by atoms with van der Waals surface area (Å²) >= 11 is 0. The van der Waals surface area contributed by atoms with Gasteiger partial charge in [0.2, 0.25) is 0 Å². The highest BCUT2D eigenvalue weighted by Gasteiger charge is 2.50. The fraction of sp³-hybridized carbons (Fsp3) is 0.433. The molecule has 0 heterocycles. The van der Waals surface area contributed by atoms with Gasteiger partial charge in [0.1, 0.15) is 0 Å². The monoisotopic (exact) mass is 476 g/mol. The maximum absolute atomic E-state index is 11.3. The Labute approximate surface area is 207 Å². The zero-order valence-corrected chi connectivity index (χ0v) is 22.3. The summed E-state index contributed by atoms with van der Waals surface area (Å²) in [5.74, 6) is 0.328. The highest BCUT2D eigenvalue weighted by molar-refractivity contribution is 6.99. The van der Waals surface area contributed by atoms with E-state index < -0.39 is 8.32 Å². The zero-order valence-electron chi connectivity index (χ0n) is 21.3. The largest absolute Gasteiger partial charge is 0.469 e. The maximum Gasteiger partial charge on any atom is 0.305 e. The van der Waals surface area contributed by atoms with E-state index in [-0.39, 0.29) is 11.0 Å². The summed E-state index contributed by atoms with van der Waals surface area (Å²) in [6, 6.07) is 21.8. The first-order valence-corrected chi connectivity index (χ1v) is 14.4. The highest BCUT2D eigenvalue weighted by atomic mass is 28.4. The number of carbonyl (C=O) groups excluding carboxylic acids is 1. The second kappa shape index (κ2) is 12.3. The van der Waals surface area contributed by atoms with E-state index in [1.54, 1.807) is 0 Å². The standard InChI is InChI=1S/C30H40O3Si/c1-30(2,3)34(27-19-10-7-11-20-27,28-21-12-8-13-22-28)33-24-26-18-15-17-25(26)16-9-5-6-14-23-29(31)32-4/h5,7-13,17,19-22,26H,6,14-16,18,23-24H2,1-4H3/b9-5-/t26-/m1/s1. The second-order valence-electron chi connectivity index (χ2n) is 10.2. The molecule has 2 aromatic rings. The van der Waals surface area contributed by atoms with Crippen LogP contribution in [0.1, 0.15) is 59.3 Å². The zero-order chi connectivity index (χ0) is 24.4. The molecule has 34 heavy (non-hydrogen) atoms. The molecule has 0 N–H and O–H groups in total. The van der Waals surface area contributed by atoms with Crippen LogP contribution in [0.25, 0.3) is 0 Å². The van der Waals surface area contributed by atoms with Crippen LogP contribution in [0.4, 0.5) is 0 Å². The first-order valence-electron chi connectivity index (χ1n) is 12.5. The third-order valence-electron chi connectivity index (χ3n) is 6.86. The smallest absolute Gasteiger partial charge is 0.305 e. The summed E-state index contributed by atoms with van der Waals surface area (Å²) in [6.45, 7) is 7.76. The van der Waals surface area contributed by atoms with Crippen LogP contribution in [0.15, 0.2) is 84.5 Å². The van der Waals surface area contributed by atoms with Crippen molar-refractivity contribution in [3.63, 3.8) is 0 Å². The molecule has 3 nitrogen and oxygen atoms in total. The number of methoxy groups -OCH3 is 1. The van der Waals surface area contributed by atoms with Crippen molar-refractivity contribution in [2.24, 2.45) is 5.92 Å². The molecule has 1 atom stereocenters. The Bertz CT molecular complexity index is 918. The average molecular weight is 477 g/mol. The molecule has 1 aliphatic rings. The van der Waals surface area contributed by atoms with Gasteiger partial charge in [0, 0.05) is 18.9 Å². The van der Waals surface area contributed by atoms with Gasteiger partial charge in [-0.05, 0) is 47.5 Å². The molecule has 0 spiro atoms. The minimum atomic E-state index is -2.50. The first kappa shape index (κ1) is 26.2. The molecule has 1 aliphatic carbocycles. The molecular formula is C30H40O3Si. The van der Waals surface area contributed by atoms with Crippen molar-refractivity contribution in [2.45, 2.75) is 64.3 Å². The van der Waals surface area contributed by atoms with E-state index in [0.29, 0.717) is 12.3 Å². The lowest BCUT2D eigenvalue weighted by Crippen LogP contribution is -2.66. The van der Waals surface area contributed by atoms with Gasteiger partial charge in [-0.25, -0.2) is 0 Å². The molecule has 3 rings (SSSR count). The summed E-state index contributed by atoms with van der Waals surface area (Å²) < 4.78 is 11.9. The molecule has 0 saturated carbocycles. The van der Waals surface area contributed by atoms with Gasteiger partial charge in [-0.1, -0.05) is 105 Å². The van der Waals surface area contributed by atoms with Gasteiger partial charge in [-0.15, -0.1) is 0 Å². The van der Waals surface area contributed by atoms with Crippen LogP contribution >= 0.6 is 0 Å². The molecule has 4 heteroatoms. The number of hydrogen-bond acceptors (Lipinski definition) is 3. The Kier molecular flexibility index (Phi) is 9.49. The van der Waals surface area contributed by atoms with Crippen molar-refractivity contribution in [1.82, 2.24) is 0 Å². The molecule has 0 bridgehead atoms. The molecular weight excluding hydrogens is 436 g/mol. The van der Waals surface area contributed by atoms with Gasteiger partial charge in [-0.2, -0.15) is 0 Å². The van der Waals surface area contributed by atoms with E-state index in [1.165, 1.54) is 23.1 Å². The lowest BCUT2D eigenvalue weighted by Gasteiger charge is -2.43. The van der Waals surface area contributed by atoms with E-state index in [4.69, 9.17) is 9.16 Å². The van der Waals surface area contributed by atoms with Crippen LogP contribution in [-0.2, 0) is 14.0 Å². The lowest BCUT2D eigenvalue weighted by atomic mass is 10.00. The summed E-state index contributed by atoms with van der Waals surface area (Å²) in [7, 11) is -1.05. The van der Waals surface area contributed by atoms with E-state index >= 15 is 0 Å². The second-order valence-corrected chi connectivity index (χ2v) is 14.5. The van der Waals surface area contributed by atoms with Crippen molar-refractivity contribution >= 4 is 24.7 Å². The number of unbranched alkanes of at least 4 members (excludes halogenated alkanes) is 1. The SMILES string of the molecule is COC(=O)CCC/C=C\CC1=CCC[C@@H]1CO[Si](c1ccccc1)(c1ccccc1)C(C)(C)C. The van der Waals surface area contributed by atoms with Crippen LogP contribution < -0.4 is 10.4 Å². The lowest BCUT2D eigenvalue weighted by molar-refractivity contribution is -0.140. The van der Waals surface area contributed by atoms with Crippen molar-refractivity contribution < 1.29 is 14.0 Å². The Hall–Kier alpha value is -2.43. The topological polar surface area (TPSA) is 35.5 Å². The van der Waals surface area contributed by atoms with E-state index in [1.807, 2.05) is 0 Å². The molecule has 0 aromatic heterocycles. The van der Waals surface area contributed by atoms with Crippen LogP contribution in [0, 0.1) is 5.92 Å². The maximum atomic E-state index is 11.3. The predicted octanol–water partition coefficient (Wildman–Crippen LogP) is 6.19. The van der Waals surface area contributed by atoms with Crippen molar-refractivity contribution in [3.8, 4) is 0 Å². The van der Waals surface area contributed by atoms with Crippen molar-refractivity contribution in [2.75, 3.05) is 13.7 Å². The van der Waals surface area contributed by atoms with Gasteiger partial charge in [-0.3, -0.25) is 4.79 Å². The molecule has 0 unspecified atom stereocenters. The van der Waals surface area contributed by atoms with Gasteiger partial charge in [0.15, 0.2) is 0 Å². The summed E-state index contributed by atoms with van der Waals surface area (Å²) in [6.07, 6.45) is 12.3. The Morgan fingerprint density at radius 3 is 2.18 bits per heavy atom. The minimum absolute atomic E-state index is 0.00225. The normalized spacial score (nSPS) is 16.6. The number of benzene rings is 2. The van der Waals surface area contributed by atoms with E-state index in [9.17, 15) is 4.79 Å². The summed E-state index contributed by atoms with van der Waals surface area (Å²) in [5, 5.41) is 2.67. The molecule has 0 radical (unpaired) electrons. The number of hydrogen-bond donors (Lipinski definition) is 0. The Balaban J connectivity index is 1.73. The van der Waals surface area contributed by atoms with Crippen molar-refractivity contribution in [1.29, 1.82) is 0 Å². The average Bonchev–Trinajstić information content (AvgIpc) is 3.29. The quantitative estimate of drug-likeness (QED) is 0.168. The van der Waals surface area contributed by atoms with Crippen LogP contribution in [0.2, 0.25) is 5.04 Å². The Morgan fingerprint density at radius 1 is 1.00 bits per heavy atom. The van der Waals surface area contributed by atoms with Crippen LogP contribution in [0.5, 0.6) is 0 Å². The van der Waals surface area contributed by atoms with E-state index in [0.717, 1.165) is 38.7 Å². The fourth-order valence-electron chi connectivity index (χ4n) is 5.05. The van der Waals surface area contributed by atoms with E-state index in [2.05, 4.69) is 99.7 Å². The van der Waals surface area contributed by atoms with Crippen LogP contribution in [0.3, 0.4) is 0 Å². The number of rotatable bonds is 11. The Morgan fingerprint density at radius 2 is 1.62 bits per heavy atom. The molecule has 0 amide bonds. The molecule has 182 valence electrons. The van der Waals surface area contributed by atoms with Gasteiger partial charge in [0.05, 0.1) is 7.11 Å². The fourth-order valence-corrected chi connectivity index (χ4v) is 9.66.